The molecule has 0 atom stereocenters. The number of rotatable bonds is 2. The van der Waals surface area contributed by atoms with Crippen LogP contribution in [0.4, 0.5) is 5.69 Å². The summed E-state index contributed by atoms with van der Waals surface area (Å²) >= 11 is 5.46. The number of anilines is 1. The molecule has 1 heterocycles. The molecular weight excluding hydrogens is 298 g/mol. The first-order valence-electron chi connectivity index (χ1n) is 5.65. The van der Waals surface area contributed by atoms with Crippen LogP contribution in [-0.2, 0) is 0 Å². The summed E-state index contributed by atoms with van der Waals surface area (Å²) in [6, 6.07) is 5.94. The van der Waals surface area contributed by atoms with Crippen LogP contribution in [0.1, 0.15) is 24.2 Å². The van der Waals surface area contributed by atoms with Crippen LogP contribution in [0, 0.1) is 0 Å². The van der Waals surface area contributed by atoms with Crippen LogP contribution in [-0.4, -0.2) is 29.9 Å². The van der Waals surface area contributed by atoms with Gasteiger partial charge < -0.3 is 4.90 Å². The molecule has 4 heteroatoms. The minimum Gasteiger partial charge on any atom is -0.369 e. The van der Waals surface area contributed by atoms with Crippen molar-refractivity contribution >= 4 is 39.7 Å². The summed E-state index contributed by atoms with van der Waals surface area (Å²) in [5.41, 5.74) is 1.90. The Morgan fingerprint density at radius 1 is 1.47 bits per heavy atom. The van der Waals surface area contributed by atoms with Crippen molar-refractivity contribution < 1.29 is 4.79 Å². The zero-order valence-electron chi connectivity index (χ0n) is 10.1. The Balaban J connectivity index is 2.22. The van der Waals surface area contributed by atoms with E-state index in [0.717, 1.165) is 29.6 Å². The third kappa shape index (κ3) is 3.05. The standard InChI is InChI=1S/C13H16BrNOS/c1-13(2)9-15(5-6-17-13)11-4-3-10(8-16)12(14)7-11/h3-4,7-8H,5-6,9H2,1-2H3. The van der Waals surface area contributed by atoms with Gasteiger partial charge in [0.25, 0.3) is 0 Å². The predicted molar refractivity (Wildman–Crippen MR) is 78.3 cm³/mol. The summed E-state index contributed by atoms with van der Waals surface area (Å²) in [5, 5.41) is 0. The molecule has 0 spiro atoms. The Morgan fingerprint density at radius 2 is 2.24 bits per heavy atom. The summed E-state index contributed by atoms with van der Waals surface area (Å²) in [7, 11) is 0. The number of nitrogens with zero attached hydrogens (tertiary/aromatic N) is 1. The van der Waals surface area contributed by atoms with Gasteiger partial charge in [-0.05, 0) is 48.0 Å². The average Bonchev–Trinajstić information content (AvgIpc) is 2.27. The van der Waals surface area contributed by atoms with E-state index < -0.39 is 0 Å². The lowest BCUT2D eigenvalue weighted by Gasteiger charge is -2.39. The Hall–Kier alpha value is -0.480. The van der Waals surface area contributed by atoms with Crippen molar-refractivity contribution in [2.45, 2.75) is 18.6 Å². The van der Waals surface area contributed by atoms with Crippen LogP contribution in [0.3, 0.4) is 0 Å². The van der Waals surface area contributed by atoms with Gasteiger partial charge >= 0.3 is 0 Å². The van der Waals surface area contributed by atoms with Gasteiger partial charge in [0.15, 0.2) is 6.29 Å². The fourth-order valence-corrected chi connectivity index (χ4v) is 3.62. The molecule has 17 heavy (non-hydrogen) atoms. The van der Waals surface area contributed by atoms with Gasteiger partial charge in [0.1, 0.15) is 0 Å². The predicted octanol–water partition coefficient (Wildman–Crippen LogP) is 3.59. The maximum Gasteiger partial charge on any atom is 0.151 e. The van der Waals surface area contributed by atoms with Crippen LogP contribution in [0.25, 0.3) is 0 Å². The first kappa shape index (κ1) is 13.0. The second-order valence-electron chi connectivity index (χ2n) is 4.85. The molecule has 0 aromatic heterocycles. The molecule has 92 valence electrons. The van der Waals surface area contributed by atoms with Crippen molar-refractivity contribution in [2.24, 2.45) is 0 Å². The number of hydrogen-bond acceptors (Lipinski definition) is 3. The second kappa shape index (κ2) is 5.02. The highest BCUT2D eigenvalue weighted by atomic mass is 79.9. The molecule has 0 saturated carbocycles. The number of aldehydes is 1. The number of halogens is 1. The molecule has 1 aliphatic heterocycles. The zero-order valence-corrected chi connectivity index (χ0v) is 12.5. The number of thioether (sulfide) groups is 1. The highest BCUT2D eigenvalue weighted by Crippen LogP contribution is 2.33. The van der Waals surface area contributed by atoms with Crippen LogP contribution in [0.2, 0.25) is 0 Å². The molecular formula is C13H16BrNOS. The molecule has 1 fully saturated rings. The number of carbonyl (C=O) groups is 1. The highest BCUT2D eigenvalue weighted by Gasteiger charge is 2.27. The fraction of sp³-hybridized carbons (Fsp3) is 0.462. The van der Waals surface area contributed by atoms with E-state index in [1.165, 1.54) is 5.69 Å². The zero-order chi connectivity index (χ0) is 12.5. The first-order chi connectivity index (χ1) is 8.02. The van der Waals surface area contributed by atoms with Crippen molar-refractivity contribution in [1.82, 2.24) is 0 Å². The Bertz CT molecular complexity index is 433. The summed E-state index contributed by atoms with van der Waals surface area (Å²) in [6.07, 6.45) is 0.879. The molecule has 2 nitrogen and oxygen atoms in total. The van der Waals surface area contributed by atoms with E-state index >= 15 is 0 Å². The molecule has 1 aliphatic rings. The Morgan fingerprint density at radius 3 is 2.82 bits per heavy atom. The number of benzene rings is 1. The lowest BCUT2D eigenvalue weighted by Crippen LogP contribution is -2.43. The minimum atomic E-state index is 0.300. The van der Waals surface area contributed by atoms with Gasteiger partial charge in [0.05, 0.1) is 0 Å². The summed E-state index contributed by atoms with van der Waals surface area (Å²) < 4.78 is 1.18. The maximum atomic E-state index is 10.8. The van der Waals surface area contributed by atoms with Gasteiger partial charge in [0.2, 0.25) is 0 Å². The average molecular weight is 314 g/mol. The van der Waals surface area contributed by atoms with Gasteiger partial charge in [0, 0.05) is 39.3 Å². The monoisotopic (exact) mass is 313 g/mol. The van der Waals surface area contributed by atoms with E-state index in [9.17, 15) is 4.79 Å². The van der Waals surface area contributed by atoms with Crippen molar-refractivity contribution in [3.63, 3.8) is 0 Å². The lowest BCUT2D eigenvalue weighted by atomic mass is 10.1. The van der Waals surface area contributed by atoms with Crippen molar-refractivity contribution in [3.8, 4) is 0 Å². The third-order valence-electron chi connectivity index (χ3n) is 2.90. The Labute approximate surface area is 115 Å². The number of carbonyl (C=O) groups excluding carboxylic acids is 1. The molecule has 2 rings (SSSR count). The molecule has 0 N–H and O–H groups in total. The second-order valence-corrected chi connectivity index (χ2v) is 7.51. The van der Waals surface area contributed by atoms with Crippen molar-refractivity contribution in [3.05, 3.63) is 28.2 Å². The highest BCUT2D eigenvalue weighted by molar-refractivity contribution is 9.10. The Kier molecular flexibility index (Phi) is 3.83. The van der Waals surface area contributed by atoms with E-state index in [2.05, 4.69) is 34.7 Å². The topological polar surface area (TPSA) is 20.3 Å². The molecule has 1 aromatic carbocycles. The first-order valence-corrected chi connectivity index (χ1v) is 7.43. The third-order valence-corrected chi connectivity index (χ3v) is 4.89. The summed E-state index contributed by atoms with van der Waals surface area (Å²) in [4.78, 5) is 13.2. The van der Waals surface area contributed by atoms with Crippen LogP contribution in [0.5, 0.6) is 0 Å². The quantitative estimate of drug-likeness (QED) is 0.778. The van der Waals surface area contributed by atoms with E-state index in [1.807, 2.05) is 30.0 Å². The van der Waals surface area contributed by atoms with E-state index in [-0.39, 0.29) is 0 Å². The van der Waals surface area contributed by atoms with Crippen LogP contribution < -0.4 is 4.90 Å². The molecule has 1 aromatic rings. The van der Waals surface area contributed by atoms with E-state index in [0.29, 0.717) is 10.3 Å². The molecule has 0 radical (unpaired) electrons. The molecule has 0 amide bonds. The van der Waals surface area contributed by atoms with Gasteiger partial charge in [-0.25, -0.2) is 0 Å². The van der Waals surface area contributed by atoms with E-state index in [1.54, 1.807) is 0 Å². The molecule has 0 aliphatic carbocycles. The largest absolute Gasteiger partial charge is 0.369 e. The molecule has 0 bridgehead atoms. The smallest absolute Gasteiger partial charge is 0.151 e. The SMILES string of the molecule is CC1(C)CN(c2ccc(C=O)c(Br)c2)CCS1. The summed E-state index contributed by atoms with van der Waals surface area (Å²) in [6.45, 7) is 6.67. The fourth-order valence-electron chi connectivity index (χ4n) is 2.05. The maximum absolute atomic E-state index is 10.8. The van der Waals surface area contributed by atoms with Gasteiger partial charge in [-0.15, -0.1) is 0 Å². The summed E-state index contributed by atoms with van der Waals surface area (Å²) in [5.74, 6) is 1.15. The molecule has 0 unspecified atom stereocenters. The normalized spacial score (nSPS) is 19.1. The van der Waals surface area contributed by atoms with Gasteiger partial charge in [-0.2, -0.15) is 11.8 Å². The van der Waals surface area contributed by atoms with Crippen molar-refractivity contribution in [1.29, 1.82) is 0 Å². The van der Waals surface area contributed by atoms with Crippen LogP contribution >= 0.6 is 27.7 Å². The van der Waals surface area contributed by atoms with Gasteiger partial charge in [-0.1, -0.05) is 0 Å². The van der Waals surface area contributed by atoms with Crippen molar-refractivity contribution in [2.75, 3.05) is 23.7 Å². The minimum absolute atomic E-state index is 0.300. The van der Waals surface area contributed by atoms with Crippen LogP contribution in [0.15, 0.2) is 22.7 Å². The molecule has 1 saturated heterocycles. The van der Waals surface area contributed by atoms with Gasteiger partial charge in [-0.3, -0.25) is 4.79 Å². The number of hydrogen-bond donors (Lipinski definition) is 0. The lowest BCUT2D eigenvalue weighted by molar-refractivity contribution is 0.112. The van der Waals surface area contributed by atoms with E-state index in [4.69, 9.17) is 0 Å².